The van der Waals surface area contributed by atoms with Crippen molar-refractivity contribution in [3.8, 4) is 0 Å². The van der Waals surface area contributed by atoms with Gasteiger partial charge in [0.1, 0.15) is 0 Å². The molecule has 2 nitrogen and oxygen atoms in total. The van der Waals surface area contributed by atoms with Crippen molar-refractivity contribution in [1.82, 2.24) is 5.32 Å². The molecule has 0 amide bonds. The highest BCUT2D eigenvalue weighted by Crippen LogP contribution is 2.21. The third kappa shape index (κ3) is 4.25. The molecule has 1 aliphatic rings. The fourth-order valence-electron chi connectivity index (χ4n) is 2.73. The number of hydrogen-bond acceptors (Lipinski definition) is 2. The standard InChI is InChI=1S/C16H23F2NO/c1-2-7-19-14(9-12-6-8-20-11-12)10-13-4-3-5-15(17)16(13)18/h3-5,12,14,19H,2,6-11H2,1H3. The minimum absolute atomic E-state index is 0.179. The summed E-state index contributed by atoms with van der Waals surface area (Å²) < 4.78 is 32.4. The van der Waals surface area contributed by atoms with Gasteiger partial charge in [0, 0.05) is 19.3 Å². The second-order valence-corrected chi connectivity index (χ2v) is 5.53. The van der Waals surface area contributed by atoms with E-state index in [9.17, 15) is 8.78 Å². The molecular formula is C16H23F2NO. The summed E-state index contributed by atoms with van der Waals surface area (Å²) in [5.41, 5.74) is 0.456. The van der Waals surface area contributed by atoms with Crippen molar-refractivity contribution in [2.75, 3.05) is 19.8 Å². The van der Waals surface area contributed by atoms with Crippen molar-refractivity contribution < 1.29 is 13.5 Å². The fraction of sp³-hybridized carbons (Fsp3) is 0.625. The van der Waals surface area contributed by atoms with E-state index in [1.54, 1.807) is 12.1 Å². The van der Waals surface area contributed by atoms with Crippen LogP contribution < -0.4 is 5.32 Å². The maximum Gasteiger partial charge on any atom is 0.162 e. The van der Waals surface area contributed by atoms with E-state index in [1.165, 1.54) is 0 Å². The number of hydrogen-bond donors (Lipinski definition) is 1. The van der Waals surface area contributed by atoms with Crippen LogP contribution in [0.25, 0.3) is 0 Å². The molecule has 1 fully saturated rings. The minimum Gasteiger partial charge on any atom is -0.381 e. The molecule has 2 unspecified atom stereocenters. The average molecular weight is 283 g/mol. The molecule has 1 aromatic carbocycles. The van der Waals surface area contributed by atoms with Gasteiger partial charge in [0.25, 0.3) is 0 Å². The quantitative estimate of drug-likeness (QED) is 0.829. The Kier molecular flexibility index (Phi) is 5.92. The molecule has 0 saturated carbocycles. The highest BCUT2D eigenvalue weighted by Gasteiger charge is 2.22. The van der Waals surface area contributed by atoms with Crippen molar-refractivity contribution in [1.29, 1.82) is 0 Å². The summed E-state index contributed by atoms with van der Waals surface area (Å²) in [6, 6.07) is 4.59. The number of halogens is 2. The Hall–Kier alpha value is -1.00. The molecule has 1 heterocycles. The summed E-state index contributed by atoms with van der Waals surface area (Å²) in [6.07, 6.45) is 3.58. The molecule has 2 atom stereocenters. The molecule has 0 spiro atoms. The summed E-state index contributed by atoms with van der Waals surface area (Å²) >= 11 is 0. The van der Waals surface area contributed by atoms with E-state index in [0.717, 1.165) is 45.1 Å². The van der Waals surface area contributed by atoms with Crippen LogP contribution in [0.2, 0.25) is 0 Å². The van der Waals surface area contributed by atoms with Crippen LogP contribution in [-0.2, 0) is 11.2 Å². The molecule has 0 aliphatic carbocycles. The van der Waals surface area contributed by atoms with Gasteiger partial charge in [0.15, 0.2) is 11.6 Å². The first-order valence-electron chi connectivity index (χ1n) is 7.44. The number of benzene rings is 1. The van der Waals surface area contributed by atoms with Crippen molar-refractivity contribution in [2.45, 2.75) is 38.6 Å². The topological polar surface area (TPSA) is 21.3 Å². The Labute approximate surface area is 119 Å². The molecule has 1 aliphatic heterocycles. The third-order valence-corrected chi connectivity index (χ3v) is 3.82. The first kappa shape index (κ1) is 15.4. The molecular weight excluding hydrogens is 260 g/mol. The van der Waals surface area contributed by atoms with Gasteiger partial charge in [-0.3, -0.25) is 0 Å². The lowest BCUT2D eigenvalue weighted by molar-refractivity contribution is 0.181. The van der Waals surface area contributed by atoms with Crippen LogP contribution in [0.3, 0.4) is 0 Å². The first-order valence-corrected chi connectivity index (χ1v) is 7.44. The van der Waals surface area contributed by atoms with Crippen LogP contribution in [-0.4, -0.2) is 25.8 Å². The number of nitrogens with one attached hydrogen (secondary N) is 1. The van der Waals surface area contributed by atoms with E-state index < -0.39 is 11.6 Å². The van der Waals surface area contributed by atoms with Gasteiger partial charge in [-0.15, -0.1) is 0 Å². The lowest BCUT2D eigenvalue weighted by atomic mass is 9.94. The van der Waals surface area contributed by atoms with E-state index in [-0.39, 0.29) is 6.04 Å². The third-order valence-electron chi connectivity index (χ3n) is 3.82. The van der Waals surface area contributed by atoms with Crippen molar-refractivity contribution in [2.24, 2.45) is 5.92 Å². The Balaban J connectivity index is 1.99. The van der Waals surface area contributed by atoms with Crippen LogP contribution in [0.5, 0.6) is 0 Å². The molecule has 0 bridgehead atoms. The maximum atomic E-state index is 13.8. The average Bonchev–Trinajstić information content (AvgIpc) is 2.94. The van der Waals surface area contributed by atoms with Gasteiger partial charge in [-0.25, -0.2) is 8.78 Å². The van der Waals surface area contributed by atoms with Gasteiger partial charge in [-0.05, 0) is 49.8 Å². The second kappa shape index (κ2) is 7.70. The molecule has 112 valence electrons. The van der Waals surface area contributed by atoms with Gasteiger partial charge < -0.3 is 10.1 Å². The highest BCUT2D eigenvalue weighted by molar-refractivity contribution is 5.20. The molecule has 1 aromatic rings. The van der Waals surface area contributed by atoms with Crippen LogP contribution in [0.1, 0.15) is 31.7 Å². The van der Waals surface area contributed by atoms with Gasteiger partial charge in [0.05, 0.1) is 0 Å². The predicted octanol–water partition coefficient (Wildman–Crippen LogP) is 3.30. The summed E-state index contributed by atoms with van der Waals surface area (Å²) in [5, 5.41) is 3.45. The number of rotatable bonds is 7. The smallest absolute Gasteiger partial charge is 0.162 e. The molecule has 2 rings (SSSR count). The molecule has 20 heavy (non-hydrogen) atoms. The van der Waals surface area contributed by atoms with Crippen LogP contribution in [0, 0.1) is 17.6 Å². The minimum atomic E-state index is -0.763. The lowest BCUT2D eigenvalue weighted by Gasteiger charge is -2.21. The first-order chi connectivity index (χ1) is 9.70. The van der Waals surface area contributed by atoms with Crippen LogP contribution >= 0.6 is 0 Å². The normalized spacial score (nSPS) is 20.2. The summed E-state index contributed by atoms with van der Waals surface area (Å²) in [5.74, 6) is -0.944. The lowest BCUT2D eigenvalue weighted by Crippen LogP contribution is -2.34. The van der Waals surface area contributed by atoms with Gasteiger partial charge in [0.2, 0.25) is 0 Å². The van der Waals surface area contributed by atoms with Crippen LogP contribution in [0.15, 0.2) is 18.2 Å². The number of ether oxygens (including phenoxy) is 1. The summed E-state index contributed by atoms with van der Waals surface area (Å²) in [7, 11) is 0. The zero-order valence-corrected chi connectivity index (χ0v) is 12.0. The molecule has 4 heteroatoms. The molecule has 1 saturated heterocycles. The van der Waals surface area contributed by atoms with Gasteiger partial charge in [-0.2, -0.15) is 0 Å². The zero-order valence-electron chi connectivity index (χ0n) is 12.0. The largest absolute Gasteiger partial charge is 0.381 e. The Bertz CT molecular complexity index is 419. The maximum absolute atomic E-state index is 13.8. The SMILES string of the molecule is CCCNC(Cc1cccc(F)c1F)CC1CCOC1. The Morgan fingerprint density at radius 3 is 2.95 bits per heavy atom. The van der Waals surface area contributed by atoms with E-state index >= 15 is 0 Å². The summed E-state index contributed by atoms with van der Waals surface area (Å²) in [6.45, 7) is 4.61. The molecule has 1 N–H and O–H groups in total. The Morgan fingerprint density at radius 1 is 1.40 bits per heavy atom. The van der Waals surface area contributed by atoms with Gasteiger partial charge in [-0.1, -0.05) is 19.1 Å². The summed E-state index contributed by atoms with van der Waals surface area (Å²) in [4.78, 5) is 0. The fourth-order valence-corrected chi connectivity index (χ4v) is 2.73. The van der Waals surface area contributed by atoms with E-state index in [4.69, 9.17) is 4.74 Å². The van der Waals surface area contributed by atoms with E-state index in [0.29, 0.717) is 17.9 Å². The predicted molar refractivity (Wildman–Crippen MR) is 75.7 cm³/mol. The monoisotopic (exact) mass is 283 g/mol. The molecule has 0 aromatic heterocycles. The zero-order chi connectivity index (χ0) is 14.4. The van der Waals surface area contributed by atoms with Crippen molar-refractivity contribution >= 4 is 0 Å². The highest BCUT2D eigenvalue weighted by atomic mass is 19.2. The van der Waals surface area contributed by atoms with Crippen molar-refractivity contribution in [3.05, 3.63) is 35.4 Å². The van der Waals surface area contributed by atoms with Crippen molar-refractivity contribution in [3.63, 3.8) is 0 Å². The van der Waals surface area contributed by atoms with Gasteiger partial charge >= 0.3 is 0 Å². The Morgan fingerprint density at radius 2 is 2.25 bits per heavy atom. The van der Waals surface area contributed by atoms with Crippen LogP contribution in [0.4, 0.5) is 8.78 Å². The molecule has 0 radical (unpaired) electrons. The van der Waals surface area contributed by atoms with E-state index in [2.05, 4.69) is 12.2 Å². The van der Waals surface area contributed by atoms with E-state index in [1.807, 2.05) is 0 Å². The second-order valence-electron chi connectivity index (χ2n) is 5.53.